The van der Waals surface area contributed by atoms with Crippen molar-refractivity contribution in [3.05, 3.63) is 11.1 Å². The van der Waals surface area contributed by atoms with Crippen LogP contribution in [0.15, 0.2) is 11.1 Å². The number of allylic oxidation sites excluding steroid dienone is 2. The summed E-state index contributed by atoms with van der Waals surface area (Å²) in [6.45, 7) is 4.80. The second kappa shape index (κ2) is 3.67. The van der Waals surface area contributed by atoms with E-state index in [0.717, 1.165) is 0 Å². The molecule has 0 amide bonds. The lowest BCUT2D eigenvalue weighted by molar-refractivity contribution is 0.0791. The summed E-state index contributed by atoms with van der Waals surface area (Å²) < 4.78 is 0. The van der Waals surface area contributed by atoms with Gasteiger partial charge in [-0.25, -0.2) is 0 Å². The van der Waals surface area contributed by atoms with Crippen molar-refractivity contribution < 1.29 is 10.2 Å². The maximum absolute atomic E-state index is 9.36. The molecule has 0 unspecified atom stereocenters. The first kappa shape index (κ1) is 10.2. The van der Waals surface area contributed by atoms with Crippen LogP contribution < -0.4 is 0 Å². The summed E-state index contributed by atoms with van der Waals surface area (Å²) in [5, 5.41) is 18.7. The molecule has 0 aromatic carbocycles. The molecule has 2 aliphatic rings. The first-order chi connectivity index (χ1) is 6.70. The topological polar surface area (TPSA) is 40.5 Å². The molecule has 80 valence electrons. The summed E-state index contributed by atoms with van der Waals surface area (Å²) in [7, 11) is 0. The zero-order valence-corrected chi connectivity index (χ0v) is 9.03. The Morgan fingerprint density at radius 1 is 1.07 bits per heavy atom. The third kappa shape index (κ3) is 1.24. The lowest BCUT2D eigenvalue weighted by Gasteiger charge is -2.27. The largest absolute Gasteiger partial charge is 0.396 e. The molecule has 2 saturated carbocycles. The van der Waals surface area contributed by atoms with Crippen LogP contribution in [0.2, 0.25) is 0 Å². The molecule has 4 atom stereocenters. The summed E-state index contributed by atoms with van der Waals surface area (Å²) in [6, 6.07) is 0. The zero-order valence-electron chi connectivity index (χ0n) is 9.03. The molecule has 0 aliphatic heterocycles. The molecule has 2 fully saturated rings. The highest BCUT2D eigenvalue weighted by Gasteiger charge is 2.50. The predicted molar refractivity (Wildman–Crippen MR) is 55.7 cm³/mol. The molecule has 0 heterocycles. The van der Waals surface area contributed by atoms with Crippen molar-refractivity contribution in [2.24, 2.45) is 23.7 Å². The van der Waals surface area contributed by atoms with Gasteiger partial charge in [-0.1, -0.05) is 11.1 Å². The van der Waals surface area contributed by atoms with Crippen LogP contribution in [0.3, 0.4) is 0 Å². The van der Waals surface area contributed by atoms with E-state index in [2.05, 4.69) is 13.8 Å². The van der Waals surface area contributed by atoms with Crippen LogP contribution in [0.1, 0.15) is 26.7 Å². The van der Waals surface area contributed by atoms with Gasteiger partial charge in [0.05, 0.1) is 0 Å². The third-order valence-corrected chi connectivity index (χ3v) is 4.17. The van der Waals surface area contributed by atoms with Crippen molar-refractivity contribution >= 4 is 0 Å². The maximum Gasteiger partial charge on any atom is 0.0468 e. The van der Waals surface area contributed by atoms with Gasteiger partial charge < -0.3 is 10.2 Å². The minimum Gasteiger partial charge on any atom is -0.396 e. The second-order valence-corrected chi connectivity index (χ2v) is 4.94. The summed E-state index contributed by atoms with van der Waals surface area (Å²) in [5.74, 6) is 1.77. The van der Waals surface area contributed by atoms with Gasteiger partial charge in [0, 0.05) is 13.2 Å². The molecule has 0 radical (unpaired) electrons. The SMILES string of the molecule is CC(C)=C1[C@@H]2CC[C@@H]1[C@@H](CO)[C@H]2CO. The van der Waals surface area contributed by atoms with Gasteiger partial charge in [0.15, 0.2) is 0 Å². The van der Waals surface area contributed by atoms with E-state index in [-0.39, 0.29) is 13.2 Å². The van der Waals surface area contributed by atoms with E-state index in [4.69, 9.17) is 0 Å². The Kier molecular flexibility index (Phi) is 2.67. The van der Waals surface area contributed by atoms with Crippen molar-refractivity contribution in [1.29, 1.82) is 0 Å². The quantitative estimate of drug-likeness (QED) is 0.658. The normalized spacial score (nSPS) is 40.7. The fourth-order valence-electron chi connectivity index (χ4n) is 3.70. The molecular weight excluding hydrogens is 176 g/mol. The summed E-state index contributed by atoms with van der Waals surface area (Å²) in [6.07, 6.45) is 2.43. The van der Waals surface area contributed by atoms with Crippen LogP contribution in [0.25, 0.3) is 0 Å². The predicted octanol–water partition coefficient (Wildman–Crippen LogP) is 1.58. The Morgan fingerprint density at radius 3 is 1.79 bits per heavy atom. The number of hydrogen-bond donors (Lipinski definition) is 2. The molecule has 2 aliphatic carbocycles. The minimum absolute atomic E-state index is 0.239. The molecule has 0 aromatic rings. The number of fused-ring (bicyclic) bond motifs is 2. The van der Waals surface area contributed by atoms with Gasteiger partial charge in [-0.05, 0) is 50.4 Å². The molecule has 2 rings (SSSR count). The highest BCUT2D eigenvalue weighted by Crippen LogP contribution is 2.56. The lowest BCUT2D eigenvalue weighted by atomic mass is 9.80. The van der Waals surface area contributed by atoms with E-state index in [0.29, 0.717) is 23.7 Å². The van der Waals surface area contributed by atoms with Crippen LogP contribution in [-0.4, -0.2) is 23.4 Å². The standard InChI is InChI=1S/C12H20O2/c1-7(2)12-8-3-4-9(12)11(6-14)10(8)5-13/h8-11,13-14H,3-6H2,1-2H3/t8-,9-,10-,11+/m1/s1. The van der Waals surface area contributed by atoms with E-state index in [1.165, 1.54) is 18.4 Å². The smallest absolute Gasteiger partial charge is 0.0468 e. The van der Waals surface area contributed by atoms with Gasteiger partial charge in [0.1, 0.15) is 0 Å². The molecule has 14 heavy (non-hydrogen) atoms. The molecular formula is C12H20O2. The van der Waals surface area contributed by atoms with Gasteiger partial charge in [0.2, 0.25) is 0 Å². The second-order valence-electron chi connectivity index (χ2n) is 4.94. The highest BCUT2D eigenvalue weighted by molar-refractivity contribution is 5.28. The van der Waals surface area contributed by atoms with Gasteiger partial charge in [0.25, 0.3) is 0 Å². The highest BCUT2D eigenvalue weighted by atomic mass is 16.3. The number of hydrogen-bond acceptors (Lipinski definition) is 2. The van der Waals surface area contributed by atoms with Crippen LogP contribution in [0.4, 0.5) is 0 Å². The van der Waals surface area contributed by atoms with Gasteiger partial charge in [-0.2, -0.15) is 0 Å². The van der Waals surface area contributed by atoms with E-state index in [1.54, 1.807) is 5.57 Å². The Bertz CT molecular complexity index is 233. The van der Waals surface area contributed by atoms with Crippen molar-refractivity contribution in [2.75, 3.05) is 13.2 Å². The first-order valence-electron chi connectivity index (χ1n) is 5.59. The van der Waals surface area contributed by atoms with Crippen molar-refractivity contribution in [1.82, 2.24) is 0 Å². The molecule has 2 nitrogen and oxygen atoms in total. The fraction of sp³-hybridized carbons (Fsp3) is 0.833. The minimum atomic E-state index is 0.239. The molecule has 2 heteroatoms. The lowest BCUT2D eigenvalue weighted by Crippen LogP contribution is -2.27. The number of aliphatic hydroxyl groups excluding tert-OH is 2. The van der Waals surface area contributed by atoms with Crippen LogP contribution >= 0.6 is 0 Å². The summed E-state index contributed by atoms with van der Waals surface area (Å²) in [4.78, 5) is 0. The van der Waals surface area contributed by atoms with Gasteiger partial charge in [-0.15, -0.1) is 0 Å². The van der Waals surface area contributed by atoms with E-state index in [1.807, 2.05) is 0 Å². The zero-order chi connectivity index (χ0) is 10.3. The van der Waals surface area contributed by atoms with E-state index >= 15 is 0 Å². The van der Waals surface area contributed by atoms with Gasteiger partial charge >= 0.3 is 0 Å². The number of rotatable bonds is 2. The Hall–Kier alpha value is -0.340. The first-order valence-corrected chi connectivity index (χ1v) is 5.59. The van der Waals surface area contributed by atoms with Crippen molar-refractivity contribution in [2.45, 2.75) is 26.7 Å². The van der Waals surface area contributed by atoms with Crippen LogP contribution in [0, 0.1) is 23.7 Å². The maximum atomic E-state index is 9.36. The molecule has 0 aromatic heterocycles. The number of aliphatic hydroxyl groups is 2. The van der Waals surface area contributed by atoms with Crippen LogP contribution in [0.5, 0.6) is 0 Å². The monoisotopic (exact) mass is 196 g/mol. The van der Waals surface area contributed by atoms with Gasteiger partial charge in [-0.3, -0.25) is 0 Å². The fourth-order valence-corrected chi connectivity index (χ4v) is 3.70. The summed E-state index contributed by atoms with van der Waals surface area (Å²) in [5.41, 5.74) is 2.95. The summed E-state index contributed by atoms with van der Waals surface area (Å²) >= 11 is 0. The van der Waals surface area contributed by atoms with E-state index in [9.17, 15) is 10.2 Å². The Balaban J connectivity index is 2.32. The Labute approximate surface area is 85.6 Å². The van der Waals surface area contributed by atoms with Crippen molar-refractivity contribution in [3.8, 4) is 0 Å². The van der Waals surface area contributed by atoms with Crippen molar-refractivity contribution in [3.63, 3.8) is 0 Å². The average Bonchev–Trinajstić information content (AvgIpc) is 2.70. The van der Waals surface area contributed by atoms with Crippen LogP contribution in [-0.2, 0) is 0 Å². The third-order valence-electron chi connectivity index (χ3n) is 4.17. The average molecular weight is 196 g/mol. The molecule has 0 spiro atoms. The molecule has 0 saturated heterocycles. The van der Waals surface area contributed by atoms with E-state index < -0.39 is 0 Å². The molecule has 2 N–H and O–H groups in total. The Morgan fingerprint density at radius 2 is 1.50 bits per heavy atom. The molecule has 2 bridgehead atoms.